The summed E-state index contributed by atoms with van der Waals surface area (Å²) in [7, 11) is -3.14. The molecule has 1 N–H and O–H groups in total. The lowest BCUT2D eigenvalue weighted by Crippen LogP contribution is -2.61. The summed E-state index contributed by atoms with van der Waals surface area (Å²) in [5, 5.41) is 3.18. The lowest BCUT2D eigenvalue weighted by molar-refractivity contribution is 0.0391. The van der Waals surface area contributed by atoms with E-state index in [1.165, 1.54) is 12.8 Å². The molecule has 7 heteroatoms. The monoisotopic (exact) mass is 421 g/mol. The maximum atomic E-state index is 12.6. The molecule has 1 saturated heterocycles. The van der Waals surface area contributed by atoms with Crippen LogP contribution in [0.2, 0.25) is 0 Å². The van der Waals surface area contributed by atoms with Crippen molar-refractivity contribution in [3.05, 3.63) is 35.9 Å². The van der Waals surface area contributed by atoms with Crippen LogP contribution in [0, 0.1) is 0 Å². The van der Waals surface area contributed by atoms with Crippen molar-refractivity contribution in [2.75, 3.05) is 38.5 Å². The van der Waals surface area contributed by atoms with Crippen molar-refractivity contribution < 1.29 is 13.2 Å². The van der Waals surface area contributed by atoms with Crippen LogP contribution in [-0.2, 0) is 10.0 Å². The molecule has 0 bridgehead atoms. The topological polar surface area (TPSA) is 69.7 Å². The van der Waals surface area contributed by atoms with Gasteiger partial charge in [-0.3, -0.25) is 9.69 Å². The highest BCUT2D eigenvalue weighted by Crippen LogP contribution is 2.33. The number of rotatable bonds is 7. The standard InChI is InChI=1S/C22H35N3O3S/c1-2-18-29(27,28)25-16-14-24(15-17-25)22(12-8-3-4-9-13-22)19-23-21(26)20-10-6-5-7-11-20/h5-7,10-11H,2-4,8-9,12-19H2,1H3,(H,23,26). The number of carbonyl (C=O) groups is 1. The van der Waals surface area contributed by atoms with Crippen molar-refractivity contribution in [3.8, 4) is 0 Å². The highest BCUT2D eigenvalue weighted by Gasteiger charge is 2.40. The SMILES string of the molecule is CCCS(=O)(=O)N1CCN(C2(CNC(=O)c3ccccc3)CCCCCC2)CC1. The van der Waals surface area contributed by atoms with Crippen molar-refractivity contribution in [1.29, 1.82) is 0 Å². The molecule has 1 heterocycles. The van der Waals surface area contributed by atoms with E-state index in [9.17, 15) is 13.2 Å². The van der Waals surface area contributed by atoms with Gasteiger partial charge in [-0.1, -0.05) is 50.8 Å². The Kier molecular flexibility index (Phi) is 7.71. The quantitative estimate of drug-likeness (QED) is 0.688. The van der Waals surface area contributed by atoms with Gasteiger partial charge in [0.25, 0.3) is 5.91 Å². The van der Waals surface area contributed by atoms with Crippen LogP contribution < -0.4 is 5.32 Å². The molecule has 1 aromatic rings. The van der Waals surface area contributed by atoms with Crippen LogP contribution in [-0.4, -0.2) is 67.5 Å². The molecule has 6 nitrogen and oxygen atoms in total. The smallest absolute Gasteiger partial charge is 0.251 e. The Labute approximate surface area is 175 Å². The van der Waals surface area contributed by atoms with Gasteiger partial charge in [0.05, 0.1) is 5.75 Å². The molecule has 2 aliphatic rings. The number of nitrogens with zero attached hydrogens (tertiary/aromatic N) is 2. The van der Waals surface area contributed by atoms with Crippen molar-refractivity contribution in [1.82, 2.24) is 14.5 Å². The van der Waals surface area contributed by atoms with Gasteiger partial charge in [-0.25, -0.2) is 8.42 Å². The largest absolute Gasteiger partial charge is 0.350 e. The number of hydrogen-bond acceptors (Lipinski definition) is 4. The van der Waals surface area contributed by atoms with Crippen LogP contribution in [0.4, 0.5) is 0 Å². The van der Waals surface area contributed by atoms with Crippen molar-refractivity contribution in [2.45, 2.75) is 57.4 Å². The zero-order valence-electron chi connectivity index (χ0n) is 17.6. The maximum absolute atomic E-state index is 12.6. The first-order valence-electron chi connectivity index (χ1n) is 11.0. The van der Waals surface area contributed by atoms with Crippen LogP contribution in [0.1, 0.15) is 62.2 Å². The van der Waals surface area contributed by atoms with Crippen molar-refractivity contribution >= 4 is 15.9 Å². The summed E-state index contributed by atoms with van der Waals surface area (Å²) in [6.07, 6.45) is 7.56. The van der Waals surface area contributed by atoms with E-state index in [-0.39, 0.29) is 17.2 Å². The van der Waals surface area contributed by atoms with Crippen LogP contribution in [0.15, 0.2) is 30.3 Å². The molecule has 0 aromatic heterocycles. The third-order valence-corrected chi connectivity index (χ3v) is 8.49. The van der Waals surface area contributed by atoms with Gasteiger partial charge in [-0.15, -0.1) is 0 Å². The number of amides is 1. The summed E-state index contributed by atoms with van der Waals surface area (Å²) in [5.74, 6) is 0.198. The summed E-state index contributed by atoms with van der Waals surface area (Å²) in [6.45, 7) is 5.12. The van der Waals surface area contributed by atoms with Gasteiger partial charge in [-0.2, -0.15) is 4.31 Å². The highest BCUT2D eigenvalue weighted by molar-refractivity contribution is 7.89. The molecule has 1 aromatic carbocycles. The lowest BCUT2D eigenvalue weighted by atomic mass is 9.87. The summed E-state index contributed by atoms with van der Waals surface area (Å²) in [5.41, 5.74) is 0.619. The summed E-state index contributed by atoms with van der Waals surface area (Å²) in [6, 6.07) is 9.35. The first-order valence-corrected chi connectivity index (χ1v) is 12.6. The fourth-order valence-corrected chi connectivity index (χ4v) is 6.25. The van der Waals surface area contributed by atoms with E-state index >= 15 is 0 Å². The van der Waals surface area contributed by atoms with E-state index in [0.717, 1.165) is 38.8 Å². The Morgan fingerprint density at radius 3 is 2.21 bits per heavy atom. The molecule has 1 aliphatic heterocycles. The molecule has 3 rings (SSSR count). The van der Waals surface area contributed by atoms with Crippen LogP contribution in [0.3, 0.4) is 0 Å². The van der Waals surface area contributed by atoms with Gasteiger partial charge in [0.1, 0.15) is 0 Å². The van der Waals surface area contributed by atoms with Gasteiger partial charge >= 0.3 is 0 Å². The highest BCUT2D eigenvalue weighted by atomic mass is 32.2. The molecule has 0 atom stereocenters. The number of hydrogen-bond donors (Lipinski definition) is 1. The molecule has 162 valence electrons. The average Bonchev–Trinajstić information content (AvgIpc) is 2.99. The molecule has 2 fully saturated rings. The fraction of sp³-hybridized carbons (Fsp3) is 0.682. The van der Waals surface area contributed by atoms with Crippen LogP contribution in [0.25, 0.3) is 0 Å². The molecule has 29 heavy (non-hydrogen) atoms. The Morgan fingerprint density at radius 1 is 1.00 bits per heavy atom. The first-order chi connectivity index (χ1) is 14.0. The molecular weight excluding hydrogens is 386 g/mol. The fourth-order valence-electron chi connectivity index (χ4n) is 4.76. The summed E-state index contributed by atoms with van der Waals surface area (Å²) in [4.78, 5) is 15.1. The molecule has 1 amide bonds. The molecule has 0 unspecified atom stereocenters. The second kappa shape index (κ2) is 10.0. The van der Waals surface area contributed by atoms with Gasteiger partial charge in [-0.05, 0) is 31.4 Å². The Hall–Kier alpha value is -1.44. The lowest BCUT2D eigenvalue weighted by Gasteiger charge is -2.47. The average molecular weight is 422 g/mol. The van der Waals surface area contributed by atoms with Gasteiger partial charge < -0.3 is 5.32 Å². The van der Waals surface area contributed by atoms with E-state index in [1.807, 2.05) is 37.3 Å². The molecular formula is C22H35N3O3S. The van der Waals surface area contributed by atoms with E-state index in [1.54, 1.807) is 4.31 Å². The van der Waals surface area contributed by atoms with Crippen molar-refractivity contribution in [2.24, 2.45) is 0 Å². The normalized spacial score (nSPS) is 21.4. The van der Waals surface area contributed by atoms with E-state index < -0.39 is 10.0 Å². The van der Waals surface area contributed by atoms with Crippen molar-refractivity contribution in [3.63, 3.8) is 0 Å². The molecule has 0 spiro atoms. The first kappa shape index (κ1) is 22.2. The predicted molar refractivity (Wildman–Crippen MR) is 116 cm³/mol. The zero-order chi connectivity index (χ0) is 20.7. The second-order valence-electron chi connectivity index (χ2n) is 8.39. The van der Waals surface area contributed by atoms with Gasteiger partial charge in [0.2, 0.25) is 10.0 Å². The van der Waals surface area contributed by atoms with Gasteiger partial charge in [0, 0.05) is 43.8 Å². The Morgan fingerprint density at radius 2 is 1.62 bits per heavy atom. The van der Waals surface area contributed by atoms with Crippen LogP contribution in [0.5, 0.6) is 0 Å². The minimum absolute atomic E-state index is 0.0293. The van der Waals surface area contributed by atoms with Crippen LogP contribution >= 0.6 is 0 Å². The second-order valence-corrected chi connectivity index (χ2v) is 10.5. The number of carbonyl (C=O) groups excluding carboxylic acids is 1. The predicted octanol–water partition coefficient (Wildman–Crippen LogP) is 2.87. The maximum Gasteiger partial charge on any atom is 0.251 e. The van der Waals surface area contributed by atoms with E-state index in [0.29, 0.717) is 31.6 Å². The number of benzene rings is 1. The summed E-state index contributed by atoms with van der Waals surface area (Å²) < 4.78 is 26.5. The third-order valence-electron chi connectivity index (χ3n) is 6.41. The zero-order valence-corrected chi connectivity index (χ0v) is 18.4. The van der Waals surface area contributed by atoms with Gasteiger partial charge in [0.15, 0.2) is 0 Å². The Bertz CT molecular complexity index is 751. The minimum Gasteiger partial charge on any atom is -0.350 e. The van der Waals surface area contributed by atoms with E-state index in [2.05, 4.69) is 10.2 Å². The number of piperazine rings is 1. The molecule has 1 saturated carbocycles. The minimum atomic E-state index is -3.14. The van der Waals surface area contributed by atoms with E-state index in [4.69, 9.17) is 0 Å². The number of nitrogens with one attached hydrogen (secondary N) is 1. The number of sulfonamides is 1. The third kappa shape index (κ3) is 5.58. The summed E-state index contributed by atoms with van der Waals surface area (Å²) >= 11 is 0. The molecule has 1 aliphatic carbocycles. The molecule has 0 radical (unpaired) electrons. The Balaban J connectivity index is 1.68.